The molecule has 0 radical (unpaired) electrons. The maximum absolute atomic E-state index is 12.6. The molecule has 25 heavy (non-hydrogen) atoms. The molecule has 1 amide bonds. The van der Waals surface area contributed by atoms with E-state index in [0.717, 1.165) is 24.2 Å². The number of nitrogens with zero attached hydrogens (tertiary/aromatic N) is 3. The standard InChI is InChI=1S/C19H23N3O3/c1-13-10-15(12-21(3)18(13)24)14-4-5-16(17(23)11-14)19(25)22-8-6-20(2)7-9-22/h4-5,10-12,23H,6-9H2,1-3H3. The summed E-state index contributed by atoms with van der Waals surface area (Å²) in [5.74, 6) is -0.179. The van der Waals surface area contributed by atoms with Gasteiger partial charge in [-0.25, -0.2) is 0 Å². The highest BCUT2D eigenvalue weighted by molar-refractivity contribution is 5.97. The zero-order chi connectivity index (χ0) is 18.1. The van der Waals surface area contributed by atoms with Gasteiger partial charge in [-0.05, 0) is 43.3 Å². The normalized spacial score (nSPS) is 15.4. The Bertz CT molecular complexity index is 838. The fraction of sp³-hybridized carbons (Fsp3) is 0.368. The molecule has 0 unspecified atom stereocenters. The molecule has 132 valence electrons. The molecule has 0 spiro atoms. The van der Waals surface area contributed by atoms with E-state index in [-0.39, 0.29) is 17.2 Å². The van der Waals surface area contributed by atoms with E-state index in [4.69, 9.17) is 0 Å². The molecule has 1 aliphatic rings. The summed E-state index contributed by atoms with van der Waals surface area (Å²) in [5, 5.41) is 10.4. The van der Waals surface area contributed by atoms with Gasteiger partial charge in [0.05, 0.1) is 5.56 Å². The molecule has 1 N–H and O–H groups in total. The predicted molar refractivity (Wildman–Crippen MR) is 96.9 cm³/mol. The molecule has 1 saturated heterocycles. The van der Waals surface area contributed by atoms with Gasteiger partial charge in [0.1, 0.15) is 5.75 Å². The number of aromatic hydroxyl groups is 1. The van der Waals surface area contributed by atoms with Crippen LogP contribution in [-0.2, 0) is 7.05 Å². The number of carbonyl (C=O) groups is 1. The first kappa shape index (κ1) is 17.2. The van der Waals surface area contributed by atoms with Crippen LogP contribution >= 0.6 is 0 Å². The zero-order valence-electron chi connectivity index (χ0n) is 14.8. The number of carbonyl (C=O) groups excluding carboxylic acids is 1. The lowest BCUT2D eigenvalue weighted by Gasteiger charge is -2.32. The van der Waals surface area contributed by atoms with Crippen LogP contribution in [0.15, 0.2) is 35.3 Å². The molecule has 0 atom stereocenters. The van der Waals surface area contributed by atoms with Gasteiger partial charge in [-0.15, -0.1) is 0 Å². The van der Waals surface area contributed by atoms with E-state index >= 15 is 0 Å². The van der Waals surface area contributed by atoms with Gasteiger partial charge in [0, 0.05) is 45.0 Å². The van der Waals surface area contributed by atoms with Gasteiger partial charge in [-0.3, -0.25) is 9.59 Å². The molecule has 3 rings (SSSR count). The third-order valence-electron chi connectivity index (χ3n) is 4.71. The predicted octanol–water partition coefficient (Wildman–Crippen LogP) is 1.45. The second-order valence-electron chi connectivity index (χ2n) is 6.66. The minimum absolute atomic E-state index is 0.0343. The smallest absolute Gasteiger partial charge is 0.257 e. The van der Waals surface area contributed by atoms with Crippen LogP contribution in [0.25, 0.3) is 11.1 Å². The molecule has 2 heterocycles. The van der Waals surface area contributed by atoms with E-state index in [2.05, 4.69) is 4.90 Å². The molecule has 0 bridgehead atoms. The summed E-state index contributed by atoms with van der Waals surface area (Å²) in [6.45, 7) is 4.76. The lowest BCUT2D eigenvalue weighted by Crippen LogP contribution is -2.47. The minimum atomic E-state index is -0.145. The molecule has 6 nitrogen and oxygen atoms in total. The number of aromatic nitrogens is 1. The first-order chi connectivity index (χ1) is 11.9. The summed E-state index contributed by atoms with van der Waals surface area (Å²) in [4.78, 5) is 28.4. The molecule has 1 aliphatic heterocycles. The fourth-order valence-electron chi connectivity index (χ4n) is 3.11. The highest BCUT2D eigenvalue weighted by atomic mass is 16.3. The quantitative estimate of drug-likeness (QED) is 0.898. The Morgan fingerprint density at radius 3 is 2.32 bits per heavy atom. The monoisotopic (exact) mass is 341 g/mol. The highest BCUT2D eigenvalue weighted by Crippen LogP contribution is 2.27. The Morgan fingerprint density at radius 2 is 1.72 bits per heavy atom. The van der Waals surface area contributed by atoms with Gasteiger partial charge in [-0.1, -0.05) is 6.07 Å². The first-order valence-corrected chi connectivity index (χ1v) is 8.35. The summed E-state index contributed by atoms with van der Waals surface area (Å²) in [7, 11) is 3.73. The van der Waals surface area contributed by atoms with Crippen molar-refractivity contribution in [3.05, 3.63) is 51.9 Å². The van der Waals surface area contributed by atoms with Crippen molar-refractivity contribution in [2.75, 3.05) is 33.2 Å². The van der Waals surface area contributed by atoms with Gasteiger partial charge in [0.15, 0.2) is 0 Å². The van der Waals surface area contributed by atoms with Crippen molar-refractivity contribution >= 4 is 5.91 Å². The van der Waals surface area contributed by atoms with E-state index < -0.39 is 0 Å². The summed E-state index contributed by atoms with van der Waals surface area (Å²) in [6.07, 6.45) is 1.73. The summed E-state index contributed by atoms with van der Waals surface area (Å²) in [5.41, 5.74) is 2.50. The van der Waals surface area contributed by atoms with Crippen LogP contribution in [0.2, 0.25) is 0 Å². The van der Waals surface area contributed by atoms with E-state index in [0.29, 0.717) is 24.2 Å². The maximum Gasteiger partial charge on any atom is 0.257 e. The van der Waals surface area contributed by atoms with Crippen molar-refractivity contribution in [2.45, 2.75) is 6.92 Å². The second kappa shape index (κ2) is 6.72. The van der Waals surface area contributed by atoms with Crippen molar-refractivity contribution in [3.63, 3.8) is 0 Å². The van der Waals surface area contributed by atoms with Crippen LogP contribution in [-0.4, -0.2) is 58.6 Å². The number of piperazine rings is 1. The van der Waals surface area contributed by atoms with E-state index in [1.807, 2.05) is 13.1 Å². The van der Waals surface area contributed by atoms with Crippen LogP contribution in [0.5, 0.6) is 5.75 Å². The van der Waals surface area contributed by atoms with Crippen molar-refractivity contribution in [2.24, 2.45) is 7.05 Å². The number of pyridine rings is 1. The second-order valence-corrected chi connectivity index (χ2v) is 6.66. The highest BCUT2D eigenvalue weighted by Gasteiger charge is 2.22. The largest absolute Gasteiger partial charge is 0.507 e. The van der Waals surface area contributed by atoms with Gasteiger partial charge in [0.2, 0.25) is 0 Å². The van der Waals surface area contributed by atoms with Crippen LogP contribution < -0.4 is 5.56 Å². The van der Waals surface area contributed by atoms with Crippen molar-refractivity contribution in [1.82, 2.24) is 14.4 Å². The van der Waals surface area contributed by atoms with Crippen LogP contribution in [0.4, 0.5) is 0 Å². The number of phenolic OH excluding ortho intramolecular Hbond substituents is 1. The van der Waals surface area contributed by atoms with Gasteiger partial charge >= 0.3 is 0 Å². The topological polar surface area (TPSA) is 65.8 Å². The van der Waals surface area contributed by atoms with Crippen molar-refractivity contribution in [1.29, 1.82) is 0 Å². The zero-order valence-corrected chi connectivity index (χ0v) is 14.8. The lowest BCUT2D eigenvalue weighted by molar-refractivity contribution is 0.0661. The Labute approximate surface area is 146 Å². The van der Waals surface area contributed by atoms with Crippen LogP contribution in [0, 0.1) is 6.92 Å². The molecule has 0 aliphatic carbocycles. The average molecular weight is 341 g/mol. The molecule has 1 fully saturated rings. The van der Waals surface area contributed by atoms with Gasteiger partial charge in [-0.2, -0.15) is 0 Å². The number of rotatable bonds is 2. The summed E-state index contributed by atoms with van der Waals surface area (Å²) < 4.78 is 1.52. The number of benzene rings is 1. The number of aryl methyl sites for hydroxylation is 2. The fourth-order valence-corrected chi connectivity index (χ4v) is 3.11. The maximum atomic E-state index is 12.6. The summed E-state index contributed by atoms with van der Waals surface area (Å²) in [6, 6.07) is 6.84. The third-order valence-corrected chi connectivity index (χ3v) is 4.71. The number of phenols is 1. The number of hydrogen-bond donors (Lipinski definition) is 1. The molecular formula is C19H23N3O3. The lowest BCUT2D eigenvalue weighted by atomic mass is 10.0. The Balaban J connectivity index is 1.88. The average Bonchev–Trinajstić information content (AvgIpc) is 2.59. The van der Waals surface area contributed by atoms with E-state index in [1.54, 1.807) is 43.3 Å². The van der Waals surface area contributed by atoms with Gasteiger partial charge in [0.25, 0.3) is 11.5 Å². The molecular weight excluding hydrogens is 318 g/mol. The number of hydrogen-bond acceptors (Lipinski definition) is 4. The van der Waals surface area contributed by atoms with Crippen molar-refractivity contribution < 1.29 is 9.90 Å². The van der Waals surface area contributed by atoms with E-state index in [9.17, 15) is 14.7 Å². The number of amides is 1. The van der Waals surface area contributed by atoms with Gasteiger partial charge < -0.3 is 19.5 Å². The number of likely N-dealkylation sites (N-methyl/N-ethyl adjacent to an activating group) is 1. The Hall–Kier alpha value is -2.60. The Morgan fingerprint density at radius 1 is 1.04 bits per heavy atom. The minimum Gasteiger partial charge on any atom is -0.507 e. The molecule has 1 aromatic carbocycles. The first-order valence-electron chi connectivity index (χ1n) is 8.35. The van der Waals surface area contributed by atoms with Crippen LogP contribution in [0.1, 0.15) is 15.9 Å². The SMILES string of the molecule is Cc1cc(-c2ccc(C(=O)N3CCN(C)CC3)c(O)c2)cn(C)c1=O. The van der Waals surface area contributed by atoms with Crippen molar-refractivity contribution in [3.8, 4) is 16.9 Å². The summed E-state index contributed by atoms with van der Waals surface area (Å²) >= 11 is 0. The molecule has 2 aromatic rings. The molecule has 6 heteroatoms. The molecule has 1 aromatic heterocycles. The van der Waals surface area contributed by atoms with E-state index in [1.165, 1.54) is 4.57 Å². The Kier molecular flexibility index (Phi) is 4.63. The third kappa shape index (κ3) is 3.44. The van der Waals surface area contributed by atoms with Crippen LogP contribution in [0.3, 0.4) is 0 Å². The molecule has 0 saturated carbocycles.